The standard InChI is InChI=1S/C53H74N6O13S/c1-13-42-53(10,64)49-31(4)45(56-34(7)60)29(2)25-52(9,66-27-37(26-65-49)58-67-28-38-20-21-41(73-38)39-18-16-19-43(54)57-39)48(72-51-47(69-35(8)61)40(59(11)12)23-30(3)68-51)32(5)46(33(6)50(63)70-42)71-44(62)24-36-17-14-15-22-55-36/h14-22,29-33,40,42,46-49,51,64H,13,23-28H2,1-12H3,(H2,54,57)/b56-45+,58-37?/t29-,30-,31+,32+,33-,40+,42-,46+,47-,48-,49-,51+,52-,53-/m1/s1. The van der Waals surface area contributed by atoms with E-state index < -0.39 is 95.5 Å². The first-order chi connectivity index (χ1) is 34.5. The van der Waals surface area contributed by atoms with E-state index in [2.05, 4.69) is 20.1 Å². The highest BCUT2D eigenvalue weighted by Gasteiger charge is 2.54. The highest BCUT2D eigenvalue weighted by atomic mass is 32.1. The van der Waals surface area contributed by atoms with E-state index in [-0.39, 0.29) is 56.9 Å². The minimum Gasteiger partial charge on any atom is -0.461 e. The van der Waals surface area contributed by atoms with Gasteiger partial charge in [0.1, 0.15) is 29.3 Å². The highest BCUT2D eigenvalue weighted by molar-refractivity contribution is 7.15. The van der Waals surface area contributed by atoms with Crippen LogP contribution in [-0.4, -0.2) is 143 Å². The number of hydrogen-bond acceptors (Lipinski definition) is 19. The molecule has 3 aliphatic rings. The van der Waals surface area contributed by atoms with Crippen LogP contribution in [0.2, 0.25) is 0 Å². The third-order valence-electron chi connectivity index (χ3n) is 14.0. The summed E-state index contributed by atoms with van der Waals surface area (Å²) in [5.74, 6) is -5.55. The molecule has 0 radical (unpaired) electrons. The maximum atomic E-state index is 14.8. The summed E-state index contributed by atoms with van der Waals surface area (Å²) in [4.78, 5) is 78.0. The average molecular weight is 1040 g/mol. The Morgan fingerprint density at radius 2 is 1.73 bits per heavy atom. The zero-order valence-corrected chi connectivity index (χ0v) is 45.0. The lowest BCUT2D eigenvalue weighted by Gasteiger charge is -2.49. The lowest BCUT2D eigenvalue weighted by molar-refractivity contribution is -0.304. The number of rotatable bonds is 12. The minimum absolute atomic E-state index is 0.0690. The Balaban J connectivity index is 1.53. The van der Waals surface area contributed by atoms with E-state index in [0.29, 0.717) is 23.6 Å². The first kappa shape index (κ1) is 57.1. The molecule has 20 heteroatoms. The second-order valence-corrected chi connectivity index (χ2v) is 21.5. The second-order valence-electron chi connectivity index (χ2n) is 20.3. The van der Waals surface area contributed by atoms with Crippen molar-refractivity contribution in [1.82, 2.24) is 14.9 Å². The predicted molar refractivity (Wildman–Crippen MR) is 273 cm³/mol. The molecule has 3 saturated heterocycles. The van der Waals surface area contributed by atoms with Crippen molar-refractivity contribution < 1.29 is 62.3 Å². The predicted octanol–water partition coefficient (Wildman–Crippen LogP) is 6.38. The van der Waals surface area contributed by atoms with E-state index in [1.54, 1.807) is 51.2 Å². The maximum absolute atomic E-state index is 14.8. The maximum Gasteiger partial charge on any atom is 0.312 e. The zero-order chi connectivity index (χ0) is 53.4. The number of nitrogens with zero attached hydrogens (tertiary/aromatic N) is 5. The van der Waals surface area contributed by atoms with E-state index in [9.17, 15) is 24.3 Å². The normalized spacial score (nSPS) is 33.8. The van der Waals surface area contributed by atoms with Crippen molar-refractivity contribution in [2.75, 3.05) is 33.0 Å². The number of carbonyl (C=O) groups is 4. The summed E-state index contributed by atoms with van der Waals surface area (Å²) >= 11 is 1.47. The molecular formula is C53H74N6O13S. The lowest BCUT2D eigenvalue weighted by atomic mass is 9.73. The summed E-state index contributed by atoms with van der Waals surface area (Å²) in [7, 11) is 3.76. The molecule has 400 valence electrons. The Morgan fingerprint density at radius 3 is 2.38 bits per heavy atom. The van der Waals surface area contributed by atoms with E-state index in [0.717, 1.165) is 15.4 Å². The van der Waals surface area contributed by atoms with Crippen LogP contribution in [0.4, 0.5) is 5.82 Å². The number of carbonyl (C=O) groups excluding carboxylic acids is 4. The number of aliphatic imine (C=N–C) groups is 1. The fourth-order valence-corrected chi connectivity index (χ4v) is 11.4. The first-order valence-corrected chi connectivity index (χ1v) is 25.8. The highest BCUT2D eigenvalue weighted by Crippen LogP contribution is 2.42. The van der Waals surface area contributed by atoms with Crippen LogP contribution in [0.5, 0.6) is 0 Å². The summed E-state index contributed by atoms with van der Waals surface area (Å²) in [6, 6.07) is 14.1. The molecule has 0 aromatic carbocycles. The summed E-state index contributed by atoms with van der Waals surface area (Å²) in [6.45, 7) is 16.4. The molecule has 3 fully saturated rings. The molecule has 3 aliphatic heterocycles. The Morgan fingerprint density at radius 1 is 0.973 bits per heavy atom. The molecular weight excluding hydrogens is 961 g/mol. The van der Waals surface area contributed by atoms with Crippen molar-refractivity contribution in [3.8, 4) is 10.6 Å². The Labute approximate surface area is 432 Å². The summed E-state index contributed by atoms with van der Waals surface area (Å²) < 4.78 is 46.4. The van der Waals surface area contributed by atoms with Crippen molar-refractivity contribution in [3.63, 3.8) is 0 Å². The van der Waals surface area contributed by atoms with Gasteiger partial charge in [-0.3, -0.25) is 24.2 Å². The largest absolute Gasteiger partial charge is 0.461 e. The van der Waals surface area contributed by atoms with Crippen LogP contribution in [0.3, 0.4) is 0 Å². The third-order valence-corrected chi connectivity index (χ3v) is 15.1. The van der Waals surface area contributed by atoms with E-state index in [1.807, 2.05) is 71.0 Å². The van der Waals surface area contributed by atoms with Crippen molar-refractivity contribution in [3.05, 3.63) is 65.3 Å². The monoisotopic (exact) mass is 1030 g/mol. The van der Waals surface area contributed by atoms with Crippen LogP contribution in [-0.2, 0) is 70.2 Å². The van der Waals surface area contributed by atoms with Crippen LogP contribution < -0.4 is 5.73 Å². The van der Waals surface area contributed by atoms with Gasteiger partial charge in [0.25, 0.3) is 0 Å². The molecule has 19 nitrogen and oxygen atoms in total. The van der Waals surface area contributed by atoms with Gasteiger partial charge in [-0.15, -0.1) is 11.3 Å². The molecule has 2 bridgehead atoms. The number of fused-ring (bicyclic) bond motifs is 5. The Hall–Kier alpha value is -5.22. The number of hydrogen-bond donors (Lipinski definition) is 2. The fraction of sp³-hybridized carbons (Fsp3) is 0.623. The molecule has 3 aromatic heterocycles. The number of likely N-dealkylation sites (N-methyl/N-ethyl adjacent to an activating group) is 1. The van der Waals surface area contributed by atoms with Crippen molar-refractivity contribution >= 4 is 52.4 Å². The van der Waals surface area contributed by atoms with E-state index in [4.69, 9.17) is 43.7 Å². The van der Waals surface area contributed by atoms with Gasteiger partial charge in [-0.05, 0) is 103 Å². The topological polar surface area (TPSA) is 242 Å². The lowest BCUT2D eigenvalue weighted by Crippen LogP contribution is -2.61. The molecule has 3 N–H and O–H groups in total. The van der Waals surface area contributed by atoms with Crippen LogP contribution in [0, 0.1) is 23.7 Å². The summed E-state index contributed by atoms with van der Waals surface area (Å²) in [5, 5.41) is 17.4. The van der Waals surface area contributed by atoms with Gasteiger partial charge in [0.15, 0.2) is 19.0 Å². The second kappa shape index (κ2) is 24.9. The number of pyridine rings is 2. The number of ether oxygens (including phenoxy) is 7. The molecule has 1 amide bonds. The van der Waals surface area contributed by atoms with Gasteiger partial charge in [0, 0.05) is 42.5 Å². The van der Waals surface area contributed by atoms with E-state index in [1.165, 1.54) is 32.1 Å². The SMILES string of the molecule is CC[C@H]1OC(=O)[C@H](C)[C@@H](OC(=O)Cc2ccccn2)[C@H](C)[C@@H](O[C@@H]2O[C@H](C)C[C@H](N(C)C)[C@H]2OC(C)=O)[C@@]2(C)C[C@@H](C)/C(=N\C(C)=O)[C@H](C)[C@@H](OCC(=NOCc3ccc(-c4cccc(N)n4)s3)CO2)[C@]1(C)O. The van der Waals surface area contributed by atoms with E-state index >= 15 is 0 Å². The minimum atomic E-state index is -1.91. The van der Waals surface area contributed by atoms with Gasteiger partial charge < -0.3 is 53.7 Å². The van der Waals surface area contributed by atoms with Crippen LogP contribution in [0.25, 0.3) is 10.6 Å². The van der Waals surface area contributed by atoms with Crippen LogP contribution in [0.15, 0.2) is 64.9 Å². The number of amides is 1. The molecule has 0 aliphatic carbocycles. The van der Waals surface area contributed by atoms with Gasteiger partial charge in [0.05, 0.1) is 71.8 Å². The summed E-state index contributed by atoms with van der Waals surface area (Å²) in [5.41, 5.74) is 4.40. The quantitative estimate of drug-likeness (QED) is 0.114. The van der Waals surface area contributed by atoms with Gasteiger partial charge >= 0.3 is 17.9 Å². The molecule has 6 heterocycles. The van der Waals surface area contributed by atoms with Crippen molar-refractivity contribution in [1.29, 1.82) is 0 Å². The average Bonchev–Trinajstić information content (AvgIpc) is 3.80. The molecule has 6 rings (SSSR count). The number of oxime groups is 1. The number of anilines is 1. The first-order valence-electron chi connectivity index (χ1n) is 25.0. The van der Waals surface area contributed by atoms with Crippen LogP contribution in [0.1, 0.15) is 99.1 Å². The number of aliphatic hydroxyl groups is 1. The number of aromatic nitrogens is 2. The smallest absolute Gasteiger partial charge is 0.312 e. The molecule has 0 spiro atoms. The third kappa shape index (κ3) is 14.3. The zero-order valence-electron chi connectivity index (χ0n) is 44.1. The molecule has 73 heavy (non-hydrogen) atoms. The number of nitrogens with two attached hydrogens (primary N) is 1. The molecule has 3 aromatic rings. The van der Waals surface area contributed by atoms with Gasteiger partial charge in [-0.2, -0.15) is 0 Å². The number of nitrogen functional groups attached to an aromatic ring is 1. The molecule has 0 unspecified atom stereocenters. The van der Waals surface area contributed by atoms with Gasteiger partial charge in [0.2, 0.25) is 5.91 Å². The van der Waals surface area contributed by atoms with Crippen LogP contribution >= 0.6 is 11.3 Å². The number of cyclic esters (lactones) is 1. The summed E-state index contributed by atoms with van der Waals surface area (Å²) in [6.07, 6.45) is -5.23. The molecule has 14 atom stereocenters. The Bertz CT molecular complexity index is 2430. The number of esters is 3. The van der Waals surface area contributed by atoms with Crippen molar-refractivity contribution in [2.24, 2.45) is 33.8 Å². The van der Waals surface area contributed by atoms with Gasteiger partial charge in [-0.1, -0.05) is 45.0 Å². The van der Waals surface area contributed by atoms with Gasteiger partial charge in [-0.25, -0.2) is 9.98 Å². The molecule has 0 saturated carbocycles. The Kier molecular flexibility index (Phi) is 19.4. The number of thiophene rings is 1. The fourth-order valence-electron chi connectivity index (χ4n) is 10.5. The van der Waals surface area contributed by atoms with Crippen molar-refractivity contribution in [2.45, 2.75) is 162 Å².